The Kier molecular flexibility index (Phi) is 8.75. The number of rotatable bonds is 9. The van der Waals surface area contributed by atoms with E-state index >= 15 is 0 Å². The van der Waals surface area contributed by atoms with Crippen LogP contribution in [0.2, 0.25) is 0 Å². The minimum atomic E-state index is -0.699. The van der Waals surface area contributed by atoms with E-state index < -0.39 is 5.41 Å². The van der Waals surface area contributed by atoms with Gasteiger partial charge in [0.2, 0.25) is 0 Å². The minimum absolute atomic E-state index is 0.00888. The van der Waals surface area contributed by atoms with Gasteiger partial charge in [0.05, 0.1) is 10.9 Å². The highest BCUT2D eigenvalue weighted by molar-refractivity contribution is 5.92. The summed E-state index contributed by atoms with van der Waals surface area (Å²) < 4.78 is 38.6. The van der Waals surface area contributed by atoms with Crippen LogP contribution in [0.1, 0.15) is 27.7 Å². The molecule has 0 heterocycles. The van der Waals surface area contributed by atoms with Crippen molar-refractivity contribution in [3.8, 4) is 55.6 Å². The monoisotopic (exact) mass is 843 g/mol. The average molecular weight is 844 g/mol. The zero-order chi connectivity index (χ0) is 47.3. The summed E-state index contributed by atoms with van der Waals surface area (Å²) in [7, 11) is 0. The summed E-state index contributed by atoms with van der Waals surface area (Å²) in [5.74, 6) is 0. The van der Waals surface area contributed by atoms with Crippen LogP contribution in [0.3, 0.4) is 0 Å². The van der Waals surface area contributed by atoms with Crippen molar-refractivity contribution < 1.29 is 5.48 Å². The summed E-state index contributed by atoms with van der Waals surface area (Å²) in [6.07, 6.45) is 0. The van der Waals surface area contributed by atoms with Crippen LogP contribution in [-0.2, 0) is 5.41 Å². The topological polar surface area (TPSA) is 3.24 Å². The Balaban J connectivity index is 1.09. The third kappa shape index (κ3) is 6.81. The summed E-state index contributed by atoms with van der Waals surface area (Å²) in [4.78, 5) is 1.97. The molecule has 66 heavy (non-hydrogen) atoms. The van der Waals surface area contributed by atoms with Crippen LogP contribution in [-0.4, -0.2) is 0 Å². The molecule has 1 aliphatic rings. The van der Waals surface area contributed by atoms with E-state index in [0.717, 1.165) is 83.3 Å². The molecule has 0 radical (unpaired) electrons. The maximum absolute atomic E-state index is 10.1. The van der Waals surface area contributed by atoms with Crippen molar-refractivity contribution in [1.82, 2.24) is 0 Å². The lowest BCUT2D eigenvalue weighted by Crippen LogP contribution is -2.28. The van der Waals surface area contributed by atoms with Gasteiger partial charge in [-0.05, 0) is 149 Å². The first-order chi connectivity index (χ1) is 34.4. The minimum Gasteiger partial charge on any atom is -0.310 e. The number of anilines is 3. The second-order valence-corrected chi connectivity index (χ2v) is 17.0. The van der Waals surface area contributed by atoms with E-state index in [2.05, 4.69) is 194 Å². The SMILES string of the molecule is [2H]c1c([2H])c(-c2ccc3ccccc3c2)c([2H])c(N(c2ccc(-c3cc(-c4ccccc4)cc(-c4ccccc4)c3)cc2)c2ccc3c(c2)C(c2ccccc2)(c2ccccc2)c2ccccc2-3)c1[2H]. The van der Waals surface area contributed by atoms with Crippen molar-refractivity contribution >= 4 is 27.8 Å². The van der Waals surface area contributed by atoms with Crippen LogP contribution in [0.4, 0.5) is 17.1 Å². The van der Waals surface area contributed by atoms with Gasteiger partial charge in [0, 0.05) is 17.1 Å². The first-order valence-electron chi connectivity index (χ1n) is 24.5. The lowest BCUT2D eigenvalue weighted by Gasteiger charge is -2.35. The van der Waals surface area contributed by atoms with Crippen LogP contribution in [0.25, 0.3) is 66.4 Å². The molecule has 0 spiro atoms. The summed E-state index contributed by atoms with van der Waals surface area (Å²) in [6.45, 7) is 0. The van der Waals surface area contributed by atoms with Gasteiger partial charge in [-0.1, -0.05) is 212 Å². The van der Waals surface area contributed by atoms with Crippen LogP contribution >= 0.6 is 0 Å². The first-order valence-corrected chi connectivity index (χ1v) is 22.5. The van der Waals surface area contributed by atoms with Crippen molar-refractivity contribution in [2.24, 2.45) is 0 Å². The van der Waals surface area contributed by atoms with Gasteiger partial charge in [0.25, 0.3) is 0 Å². The average Bonchev–Trinajstić information content (AvgIpc) is 3.72. The molecule has 0 N–H and O–H groups in total. The largest absolute Gasteiger partial charge is 0.310 e. The molecule has 0 aromatic heterocycles. The first kappa shape index (κ1) is 34.9. The second kappa shape index (κ2) is 16.6. The van der Waals surface area contributed by atoms with Gasteiger partial charge in [0.1, 0.15) is 0 Å². The van der Waals surface area contributed by atoms with E-state index in [1.807, 2.05) is 59.5 Å². The number of benzene rings is 11. The smallest absolute Gasteiger partial charge is 0.0714 e. The van der Waals surface area contributed by atoms with E-state index in [-0.39, 0.29) is 29.9 Å². The molecule has 12 rings (SSSR count). The number of nitrogens with zero attached hydrogens (tertiary/aromatic N) is 1. The highest BCUT2D eigenvalue weighted by Gasteiger charge is 2.46. The highest BCUT2D eigenvalue weighted by atomic mass is 15.1. The molecule has 0 aliphatic heterocycles. The standard InChI is InChI=1S/C65H45N/c1-5-18-46(19-6-1)53-41-54(47-20-7-2-8-21-47)43-55(42-53)49-34-36-58(37-35-49)66(59-29-17-24-51(44-59)52-33-32-48-22-13-14-23-50(48)40-52)60-38-39-62-61-30-15-16-31-63(61)65(64(62)45-60,56-25-9-3-10-26-56)57-27-11-4-12-28-57/h1-45H/i17D,24D,29D,44D. The van der Waals surface area contributed by atoms with Gasteiger partial charge < -0.3 is 4.90 Å². The molecule has 0 amide bonds. The van der Waals surface area contributed by atoms with Gasteiger partial charge in [0.15, 0.2) is 0 Å². The molecular weight excluding hydrogens is 795 g/mol. The predicted octanol–water partition coefficient (Wildman–Crippen LogP) is 17.3. The second-order valence-electron chi connectivity index (χ2n) is 17.0. The number of hydrogen-bond donors (Lipinski definition) is 0. The fourth-order valence-corrected chi connectivity index (χ4v) is 10.1. The van der Waals surface area contributed by atoms with Gasteiger partial charge in [-0.3, -0.25) is 0 Å². The molecular formula is C65H45N. The maximum atomic E-state index is 10.1. The fourth-order valence-electron chi connectivity index (χ4n) is 10.1. The molecule has 11 aromatic rings. The van der Waals surface area contributed by atoms with Crippen molar-refractivity contribution in [3.05, 3.63) is 295 Å². The van der Waals surface area contributed by atoms with Gasteiger partial charge in [-0.2, -0.15) is 0 Å². The Bertz CT molecular complexity index is 3650. The van der Waals surface area contributed by atoms with E-state index in [1.54, 1.807) is 0 Å². The lowest BCUT2D eigenvalue weighted by atomic mass is 9.67. The Labute approximate surface area is 392 Å². The van der Waals surface area contributed by atoms with Crippen molar-refractivity contribution in [2.75, 3.05) is 4.90 Å². The van der Waals surface area contributed by atoms with Crippen molar-refractivity contribution in [3.63, 3.8) is 0 Å². The van der Waals surface area contributed by atoms with Crippen molar-refractivity contribution in [2.45, 2.75) is 5.41 Å². The molecule has 310 valence electrons. The molecule has 1 aliphatic carbocycles. The Hall–Kier alpha value is -8.52. The van der Waals surface area contributed by atoms with E-state index in [4.69, 9.17) is 0 Å². The Morgan fingerprint density at radius 1 is 0.303 bits per heavy atom. The predicted molar refractivity (Wildman–Crippen MR) is 278 cm³/mol. The van der Waals surface area contributed by atoms with Gasteiger partial charge >= 0.3 is 0 Å². The molecule has 0 unspecified atom stereocenters. The molecule has 1 heteroatoms. The third-order valence-electron chi connectivity index (χ3n) is 13.2. The van der Waals surface area contributed by atoms with Crippen LogP contribution < -0.4 is 4.90 Å². The quantitative estimate of drug-likeness (QED) is 0.140. The zero-order valence-corrected chi connectivity index (χ0v) is 36.1. The molecule has 0 fully saturated rings. The zero-order valence-electron chi connectivity index (χ0n) is 40.1. The van der Waals surface area contributed by atoms with Gasteiger partial charge in [-0.15, -0.1) is 0 Å². The van der Waals surface area contributed by atoms with Crippen LogP contribution in [0.15, 0.2) is 273 Å². The molecule has 0 bridgehead atoms. The normalized spacial score (nSPS) is 13.2. The Morgan fingerprint density at radius 3 is 1.44 bits per heavy atom. The van der Waals surface area contributed by atoms with E-state index in [0.29, 0.717) is 11.1 Å². The lowest BCUT2D eigenvalue weighted by molar-refractivity contribution is 0.768. The molecule has 0 saturated carbocycles. The summed E-state index contributed by atoms with van der Waals surface area (Å²) >= 11 is 0. The van der Waals surface area contributed by atoms with E-state index in [1.165, 1.54) is 5.56 Å². The molecule has 1 nitrogen and oxygen atoms in total. The molecule has 11 aromatic carbocycles. The Morgan fingerprint density at radius 2 is 0.803 bits per heavy atom. The third-order valence-corrected chi connectivity index (χ3v) is 13.2. The summed E-state index contributed by atoms with van der Waals surface area (Å²) in [6, 6.07) is 85.8. The number of hydrogen-bond acceptors (Lipinski definition) is 1. The van der Waals surface area contributed by atoms with Crippen molar-refractivity contribution in [1.29, 1.82) is 0 Å². The summed E-state index contributed by atoms with van der Waals surface area (Å²) in [5.41, 5.74) is 15.2. The maximum Gasteiger partial charge on any atom is 0.0714 e. The summed E-state index contributed by atoms with van der Waals surface area (Å²) in [5, 5.41) is 2.01. The van der Waals surface area contributed by atoms with Crippen LogP contribution in [0, 0.1) is 0 Å². The van der Waals surface area contributed by atoms with Crippen LogP contribution in [0.5, 0.6) is 0 Å². The molecule has 0 atom stereocenters. The fraction of sp³-hybridized carbons (Fsp3) is 0.0154. The van der Waals surface area contributed by atoms with E-state index in [9.17, 15) is 5.48 Å². The number of fused-ring (bicyclic) bond motifs is 4. The molecule has 0 saturated heterocycles. The highest BCUT2D eigenvalue weighted by Crippen LogP contribution is 2.57. The van der Waals surface area contributed by atoms with Gasteiger partial charge in [-0.25, -0.2) is 0 Å².